The molecule has 1 aliphatic heterocycles. The number of halogens is 2. The van der Waals surface area contributed by atoms with E-state index in [0.29, 0.717) is 18.7 Å². The standard InChI is InChI=1S/C29H33ClFN7O5S2/c1-36(20-6-3-2-4-7-20)44(40,41)21-10-12-22(13-11-21)45(42,43)37-16-14-19(15-17-37)27-32-28-26(29(39)33-27)34-35-38(28)18-23-24(30)8-5-9-25(23)31/h5,8-13,19-20H,2-4,6-7,14-18H2,1H3,(H,32,33,39). The monoisotopic (exact) mass is 677 g/mol. The van der Waals surface area contributed by atoms with E-state index in [1.165, 1.54) is 49.7 Å². The van der Waals surface area contributed by atoms with Gasteiger partial charge in [-0.2, -0.15) is 8.61 Å². The Bertz CT molecular complexity index is 1970. The third-order valence-electron chi connectivity index (χ3n) is 8.83. The van der Waals surface area contributed by atoms with Gasteiger partial charge in [0.25, 0.3) is 5.56 Å². The third-order valence-corrected chi connectivity index (χ3v) is 13.0. The molecule has 0 radical (unpaired) electrons. The SMILES string of the molecule is CN(C1CCCCC1)S(=O)(=O)c1ccc(S(=O)(=O)N2CCC(c3nc4c(nnn4Cc4c(F)cccc4Cl)c(=O)[nH]3)CC2)cc1. The van der Waals surface area contributed by atoms with Crippen molar-refractivity contribution in [2.75, 3.05) is 20.1 Å². The fraction of sp³-hybridized carbons (Fsp3) is 0.448. The topological polar surface area (TPSA) is 151 Å². The molecule has 0 bridgehead atoms. The lowest BCUT2D eigenvalue weighted by molar-refractivity contribution is 0.286. The van der Waals surface area contributed by atoms with Crippen molar-refractivity contribution in [1.82, 2.24) is 33.6 Å². The molecule has 0 unspecified atom stereocenters. The lowest BCUT2D eigenvalue weighted by Gasteiger charge is -2.31. The first kappa shape index (κ1) is 31.7. The van der Waals surface area contributed by atoms with Gasteiger partial charge in [0.15, 0.2) is 11.2 Å². The number of rotatable bonds is 8. The Kier molecular flexibility index (Phi) is 8.82. The number of aromatic nitrogens is 5. The van der Waals surface area contributed by atoms with Crippen molar-refractivity contribution in [2.24, 2.45) is 0 Å². The summed E-state index contributed by atoms with van der Waals surface area (Å²) >= 11 is 6.17. The second kappa shape index (κ2) is 12.5. The highest BCUT2D eigenvalue weighted by molar-refractivity contribution is 7.89. The Hall–Kier alpha value is -3.24. The Morgan fingerprint density at radius 1 is 0.978 bits per heavy atom. The number of sulfonamides is 2. The van der Waals surface area contributed by atoms with Gasteiger partial charge in [-0.3, -0.25) is 4.79 Å². The molecule has 4 aromatic rings. The first-order valence-electron chi connectivity index (χ1n) is 14.8. The summed E-state index contributed by atoms with van der Waals surface area (Å²) < 4.78 is 71.8. The Morgan fingerprint density at radius 2 is 1.64 bits per heavy atom. The predicted octanol–water partition coefficient (Wildman–Crippen LogP) is 3.88. The minimum absolute atomic E-state index is 0.00150. The van der Waals surface area contributed by atoms with Crippen LogP contribution in [-0.2, 0) is 26.6 Å². The van der Waals surface area contributed by atoms with Gasteiger partial charge >= 0.3 is 0 Å². The van der Waals surface area contributed by atoms with Gasteiger partial charge < -0.3 is 4.98 Å². The zero-order chi connectivity index (χ0) is 31.9. The Labute approximate surface area is 265 Å². The minimum atomic E-state index is -3.89. The summed E-state index contributed by atoms with van der Waals surface area (Å²) in [6.45, 7) is 0.259. The fourth-order valence-electron chi connectivity index (χ4n) is 6.13. The van der Waals surface area contributed by atoms with Gasteiger partial charge in [0.05, 0.1) is 16.3 Å². The van der Waals surface area contributed by atoms with E-state index in [1.807, 2.05) is 0 Å². The number of H-pyrrole nitrogens is 1. The summed E-state index contributed by atoms with van der Waals surface area (Å²) in [5, 5.41) is 8.10. The van der Waals surface area contributed by atoms with Crippen LogP contribution in [0.1, 0.15) is 62.3 Å². The average molecular weight is 678 g/mol. The van der Waals surface area contributed by atoms with Crippen molar-refractivity contribution in [1.29, 1.82) is 0 Å². The molecule has 0 atom stereocenters. The quantitative estimate of drug-likeness (QED) is 0.295. The molecular weight excluding hydrogens is 645 g/mol. The smallest absolute Gasteiger partial charge is 0.281 e. The van der Waals surface area contributed by atoms with E-state index in [1.54, 1.807) is 13.1 Å². The van der Waals surface area contributed by atoms with Crippen molar-refractivity contribution in [3.63, 3.8) is 0 Å². The van der Waals surface area contributed by atoms with Gasteiger partial charge in [0, 0.05) is 42.7 Å². The number of benzene rings is 2. The zero-order valence-electron chi connectivity index (χ0n) is 24.6. The van der Waals surface area contributed by atoms with Gasteiger partial charge in [0.2, 0.25) is 20.0 Å². The van der Waals surface area contributed by atoms with Gasteiger partial charge in [-0.1, -0.05) is 42.1 Å². The summed E-state index contributed by atoms with van der Waals surface area (Å²) in [4.78, 5) is 20.2. The molecule has 2 aromatic carbocycles. The minimum Gasteiger partial charge on any atom is -0.308 e. The molecule has 240 valence electrons. The molecule has 16 heteroatoms. The average Bonchev–Trinajstić information content (AvgIpc) is 3.46. The van der Waals surface area contributed by atoms with Gasteiger partial charge in [-0.25, -0.2) is 30.9 Å². The number of piperidine rings is 1. The van der Waals surface area contributed by atoms with Crippen LogP contribution in [0, 0.1) is 5.82 Å². The molecule has 0 amide bonds. The zero-order valence-corrected chi connectivity index (χ0v) is 27.0. The predicted molar refractivity (Wildman–Crippen MR) is 165 cm³/mol. The van der Waals surface area contributed by atoms with Crippen LogP contribution in [0.4, 0.5) is 4.39 Å². The second-order valence-corrected chi connectivity index (χ2v) is 15.9. The van der Waals surface area contributed by atoms with Crippen LogP contribution in [0.15, 0.2) is 57.1 Å². The van der Waals surface area contributed by atoms with E-state index >= 15 is 0 Å². The summed E-state index contributed by atoms with van der Waals surface area (Å²) in [6.07, 6.45) is 5.49. The van der Waals surface area contributed by atoms with Crippen LogP contribution >= 0.6 is 11.6 Å². The molecule has 45 heavy (non-hydrogen) atoms. The molecule has 6 rings (SSSR count). The van der Waals surface area contributed by atoms with Crippen LogP contribution in [-0.4, -0.2) is 76.6 Å². The molecule has 12 nitrogen and oxygen atoms in total. The first-order valence-corrected chi connectivity index (χ1v) is 18.1. The summed E-state index contributed by atoms with van der Waals surface area (Å²) in [7, 11) is -6.06. The fourth-order valence-corrected chi connectivity index (χ4v) is 9.23. The largest absolute Gasteiger partial charge is 0.308 e. The number of hydrogen-bond acceptors (Lipinski definition) is 8. The lowest BCUT2D eigenvalue weighted by atomic mass is 9.96. The highest BCUT2D eigenvalue weighted by Crippen LogP contribution is 2.31. The van der Waals surface area contributed by atoms with E-state index in [4.69, 9.17) is 11.6 Å². The molecule has 1 N–H and O–H groups in total. The maximum absolute atomic E-state index is 14.4. The second-order valence-electron chi connectivity index (χ2n) is 11.5. The summed E-state index contributed by atoms with van der Waals surface area (Å²) in [5.41, 5.74) is -0.135. The molecule has 2 fully saturated rings. The van der Waals surface area contributed by atoms with Crippen molar-refractivity contribution < 1.29 is 21.2 Å². The maximum Gasteiger partial charge on any atom is 0.281 e. The molecular formula is C29H33ClFN7O5S2. The van der Waals surface area contributed by atoms with Crippen molar-refractivity contribution in [2.45, 2.75) is 73.2 Å². The van der Waals surface area contributed by atoms with Gasteiger partial charge in [0.1, 0.15) is 11.6 Å². The molecule has 0 spiro atoms. The Balaban J connectivity index is 1.16. The first-order chi connectivity index (χ1) is 21.5. The van der Waals surface area contributed by atoms with Gasteiger partial charge in [-0.05, 0) is 62.1 Å². The summed E-state index contributed by atoms with van der Waals surface area (Å²) in [5.74, 6) is -0.408. The van der Waals surface area contributed by atoms with Gasteiger partial charge in [-0.15, -0.1) is 5.10 Å². The van der Waals surface area contributed by atoms with Crippen LogP contribution in [0.2, 0.25) is 5.02 Å². The number of hydrogen-bond donors (Lipinski definition) is 1. The maximum atomic E-state index is 14.4. The van der Waals surface area contributed by atoms with E-state index in [-0.39, 0.29) is 63.1 Å². The van der Waals surface area contributed by atoms with Crippen molar-refractivity contribution in [3.8, 4) is 0 Å². The van der Waals surface area contributed by atoms with E-state index in [2.05, 4.69) is 20.3 Å². The van der Waals surface area contributed by atoms with Crippen molar-refractivity contribution >= 4 is 42.8 Å². The van der Waals surface area contributed by atoms with Crippen LogP contribution in [0.25, 0.3) is 11.2 Å². The van der Waals surface area contributed by atoms with E-state index in [0.717, 1.165) is 32.1 Å². The molecule has 3 heterocycles. The van der Waals surface area contributed by atoms with Crippen molar-refractivity contribution in [3.05, 3.63) is 75.0 Å². The highest BCUT2D eigenvalue weighted by atomic mass is 35.5. The lowest BCUT2D eigenvalue weighted by Crippen LogP contribution is -2.39. The number of nitrogens with zero attached hydrogens (tertiary/aromatic N) is 6. The van der Waals surface area contributed by atoms with E-state index in [9.17, 15) is 26.0 Å². The van der Waals surface area contributed by atoms with Crippen LogP contribution in [0.5, 0.6) is 0 Å². The van der Waals surface area contributed by atoms with E-state index < -0.39 is 31.4 Å². The van der Waals surface area contributed by atoms with Crippen LogP contribution < -0.4 is 5.56 Å². The molecule has 1 saturated carbocycles. The van der Waals surface area contributed by atoms with Crippen LogP contribution in [0.3, 0.4) is 0 Å². The molecule has 1 saturated heterocycles. The summed E-state index contributed by atoms with van der Waals surface area (Å²) in [6, 6.07) is 9.65. The highest BCUT2D eigenvalue weighted by Gasteiger charge is 2.33. The molecule has 2 aromatic heterocycles. The molecule has 1 aliphatic carbocycles. The Morgan fingerprint density at radius 3 is 2.31 bits per heavy atom. The third kappa shape index (κ3) is 6.15. The normalized spacial score (nSPS) is 17.8. The number of aromatic amines is 1. The number of nitrogens with one attached hydrogen (secondary N) is 1. The molecule has 2 aliphatic rings. The number of fused-ring (bicyclic) bond motifs is 1.